The van der Waals surface area contributed by atoms with E-state index in [1.807, 2.05) is 24.3 Å². The summed E-state index contributed by atoms with van der Waals surface area (Å²) in [6.07, 6.45) is 26.1. The van der Waals surface area contributed by atoms with Crippen molar-refractivity contribution in [3.8, 4) is 56.8 Å². The van der Waals surface area contributed by atoms with E-state index in [0.717, 1.165) is 126 Å². The van der Waals surface area contributed by atoms with Crippen molar-refractivity contribution >= 4 is 43.1 Å². The first kappa shape index (κ1) is 50.3. The first-order valence-corrected chi connectivity index (χ1v) is 26.1. The van der Waals surface area contributed by atoms with Gasteiger partial charge in [-0.15, -0.1) is 0 Å². The second-order valence-electron chi connectivity index (χ2n) is 18.7. The van der Waals surface area contributed by atoms with Crippen LogP contribution in [0.15, 0.2) is 97.1 Å². The lowest BCUT2D eigenvalue weighted by atomic mass is 9.87. The predicted molar refractivity (Wildman–Crippen MR) is 288 cm³/mol. The summed E-state index contributed by atoms with van der Waals surface area (Å²) in [5, 5.41) is 8.33. The molecule has 0 amide bonds. The summed E-state index contributed by atoms with van der Waals surface area (Å²) >= 11 is 0. The van der Waals surface area contributed by atoms with Crippen molar-refractivity contribution in [3.05, 3.63) is 97.1 Å². The van der Waals surface area contributed by atoms with Crippen LogP contribution in [0.1, 0.15) is 142 Å². The summed E-state index contributed by atoms with van der Waals surface area (Å²) < 4.78 is 37.0. The fourth-order valence-electron chi connectivity index (χ4n) is 10.1. The number of fused-ring (bicyclic) bond motifs is 6. The average Bonchev–Trinajstić information content (AvgIpc) is 3.38. The molecule has 362 valence electrons. The Bertz CT molecular complexity index is 2460. The minimum atomic E-state index is 0.732. The number of hydrogen-bond donors (Lipinski definition) is 0. The third-order valence-electron chi connectivity index (χ3n) is 13.9. The minimum absolute atomic E-state index is 0.732. The molecule has 0 N–H and O–H groups in total. The van der Waals surface area contributed by atoms with Crippen molar-refractivity contribution in [3.63, 3.8) is 0 Å². The van der Waals surface area contributed by atoms with Crippen LogP contribution < -0.4 is 28.4 Å². The molecular weight excluding hydrogens is 841 g/mol. The molecule has 0 aliphatic rings. The van der Waals surface area contributed by atoms with Crippen LogP contribution in [-0.4, -0.2) is 41.7 Å². The lowest BCUT2D eigenvalue weighted by Gasteiger charge is -2.20. The molecule has 0 aliphatic heterocycles. The Balaban J connectivity index is 1.17. The van der Waals surface area contributed by atoms with Gasteiger partial charge >= 0.3 is 0 Å². The summed E-state index contributed by atoms with van der Waals surface area (Å²) in [5.41, 5.74) is 4.27. The Morgan fingerprint density at radius 1 is 0.309 bits per heavy atom. The van der Waals surface area contributed by atoms with Gasteiger partial charge in [0.25, 0.3) is 0 Å². The lowest BCUT2D eigenvalue weighted by Crippen LogP contribution is -1.98. The molecule has 68 heavy (non-hydrogen) atoms. The molecule has 0 unspecified atom stereocenters. The maximum atomic E-state index is 6.26. The Morgan fingerprint density at radius 3 is 0.912 bits per heavy atom. The molecule has 0 heterocycles. The molecule has 0 aromatic heterocycles. The van der Waals surface area contributed by atoms with Crippen LogP contribution in [0.2, 0.25) is 0 Å². The number of rotatable bonds is 30. The van der Waals surface area contributed by atoms with Gasteiger partial charge in [0.2, 0.25) is 0 Å². The number of ether oxygens (including phenoxy) is 6. The Morgan fingerprint density at radius 2 is 0.603 bits per heavy atom. The number of unbranched alkanes of at least 4 members (excludes halogenated alkanes) is 18. The van der Waals surface area contributed by atoms with Gasteiger partial charge in [-0.05, 0) is 129 Å². The SMILES string of the molecule is CCCCCCCCCCCCOc1ccc(-c2cc3cc4c(cc(-c5ccc(OCCCCCCCCCCCC)cc5)c5c(OC)ccc(OC)c54)cc3c3c(OC)ccc(OC)c23)cc1. The van der Waals surface area contributed by atoms with Gasteiger partial charge < -0.3 is 28.4 Å². The Hall–Kier alpha value is -5.62. The largest absolute Gasteiger partial charge is 0.496 e. The first-order chi connectivity index (χ1) is 33.5. The van der Waals surface area contributed by atoms with E-state index in [2.05, 4.69) is 86.6 Å². The molecule has 7 aromatic carbocycles. The van der Waals surface area contributed by atoms with Crippen molar-refractivity contribution in [2.45, 2.75) is 142 Å². The van der Waals surface area contributed by atoms with E-state index in [-0.39, 0.29) is 0 Å². The van der Waals surface area contributed by atoms with E-state index in [0.29, 0.717) is 0 Å². The molecule has 0 spiro atoms. The van der Waals surface area contributed by atoms with Gasteiger partial charge in [0, 0.05) is 21.5 Å². The maximum absolute atomic E-state index is 6.26. The van der Waals surface area contributed by atoms with Crippen molar-refractivity contribution < 1.29 is 28.4 Å². The molecule has 6 nitrogen and oxygen atoms in total. The minimum Gasteiger partial charge on any atom is -0.496 e. The van der Waals surface area contributed by atoms with Crippen molar-refractivity contribution in [1.82, 2.24) is 0 Å². The topological polar surface area (TPSA) is 55.4 Å². The van der Waals surface area contributed by atoms with Gasteiger partial charge in [-0.1, -0.05) is 154 Å². The molecule has 6 heteroatoms. The monoisotopic (exact) mass is 919 g/mol. The Labute approximate surface area is 407 Å². The maximum Gasteiger partial charge on any atom is 0.127 e. The average molecular weight is 919 g/mol. The van der Waals surface area contributed by atoms with Crippen molar-refractivity contribution in [2.24, 2.45) is 0 Å². The van der Waals surface area contributed by atoms with Crippen LogP contribution >= 0.6 is 0 Å². The zero-order valence-electron chi connectivity index (χ0n) is 42.2. The highest BCUT2D eigenvalue weighted by atomic mass is 16.5. The molecule has 7 aromatic rings. The second-order valence-corrected chi connectivity index (χ2v) is 18.7. The van der Waals surface area contributed by atoms with E-state index < -0.39 is 0 Å². The fraction of sp³-hybridized carbons (Fsp3) is 0.452. The van der Waals surface area contributed by atoms with Gasteiger partial charge in [0.05, 0.1) is 41.7 Å². The lowest BCUT2D eigenvalue weighted by molar-refractivity contribution is 0.304. The van der Waals surface area contributed by atoms with Gasteiger partial charge in [-0.25, -0.2) is 0 Å². The first-order valence-electron chi connectivity index (χ1n) is 26.1. The van der Waals surface area contributed by atoms with E-state index >= 15 is 0 Å². The second kappa shape index (κ2) is 26.2. The van der Waals surface area contributed by atoms with E-state index in [9.17, 15) is 0 Å². The predicted octanol–water partition coefficient (Wildman–Crippen LogP) is 18.3. The zero-order chi connectivity index (χ0) is 47.5. The van der Waals surface area contributed by atoms with Crippen LogP contribution in [0.3, 0.4) is 0 Å². The highest BCUT2D eigenvalue weighted by molar-refractivity contribution is 6.25. The molecule has 0 fully saturated rings. The van der Waals surface area contributed by atoms with E-state index in [4.69, 9.17) is 28.4 Å². The summed E-state index contributed by atoms with van der Waals surface area (Å²) in [6, 6.07) is 34.3. The molecular formula is C62H78O6. The van der Waals surface area contributed by atoms with Crippen molar-refractivity contribution in [1.29, 1.82) is 0 Å². The summed E-state index contributed by atoms with van der Waals surface area (Å²) in [4.78, 5) is 0. The van der Waals surface area contributed by atoms with Crippen LogP contribution in [0.4, 0.5) is 0 Å². The summed E-state index contributed by atoms with van der Waals surface area (Å²) in [6.45, 7) is 6.02. The summed E-state index contributed by atoms with van der Waals surface area (Å²) in [7, 11) is 6.98. The fourth-order valence-corrected chi connectivity index (χ4v) is 10.1. The number of benzene rings is 7. The van der Waals surface area contributed by atoms with Gasteiger partial charge in [0.15, 0.2) is 0 Å². The van der Waals surface area contributed by atoms with E-state index in [1.54, 1.807) is 28.4 Å². The highest BCUT2D eigenvalue weighted by Gasteiger charge is 2.21. The van der Waals surface area contributed by atoms with Gasteiger partial charge in [-0.3, -0.25) is 0 Å². The molecule has 0 saturated carbocycles. The standard InChI is InChI=1S/C62H78O6/c1-7-9-11-13-15-17-19-21-23-25-39-67-49-31-27-45(28-32-49)51-41-47-43-54-48(44-53(47)61-57(65-5)37-35-55(63-3)59(51)61)42-52(60-56(64-4)36-38-58(66-6)62(54)60)46-29-33-50(34-30-46)68-40-26-24-22-20-18-16-14-12-10-8-2/h27-38,41-44H,7-26,39-40H2,1-6H3. The van der Waals surface area contributed by atoms with Gasteiger partial charge in [-0.2, -0.15) is 0 Å². The zero-order valence-corrected chi connectivity index (χ0v) is 42.2. The smallest absolute Gasteiger partial charge is 0.127 e. The molecule has 0 aliphatic carbocycles. The number of hydrogen-bond acceptors (Lipinski definition) is 6. The molecule has 0 atom stereocenters. The van der Waals surface area contributed by atoms with Gasteiger partial charge in [0.1, 0.15) is 34.5 Å². The third kappa shape index (κ3) is 12.5. The quantitative estimate of drug-likeness (QED) is 0.0254. The van der Waals surface area contributed by atoms with Crippen LogP contribution in [-0.2, 0) is 0 Å². The van der Waals surface area contributed by atoms with E-state index in [1.165, 1.54) is 116 Å². The van der Waals surface area contributed by atoms with Crippen LogP contribution in [0, 0.1) is 0 Å². The highest BCUT2D eigenvalue weighted by Crippen LogP contribution is 2.49. The van der Waals surface area contributed by atoms with Crippen LogP contribution in [0.5, 0.6) is 34.5 Å². The molecule has 0 saturated heterocycles. The normalized spacial score (nSPS) is 11.5. The number of methoxy groups -OCH3 is 4. The molecule has 7 rings (SSSR count). The van der Waals surface area contributed by atoms with Crippen LogP contribution in [0.25, 0.3) is 65.3 Å². The molecule has 0 radical (unpaired) electrons. The third-order valence-corrected chi connectivity index (χ3v) is 13.9. The van der Waals surface area contributed by atoms with Crippen molar-refractivity contribution in [2.75, 3.05) is 41.7 Å². The summed E-state index contributed by atoms with van der Waals surface area (Å²) in [5.74, 6) is 4.94. The molecule has 0 bridgehead atoms. The Kier molecular flexibility index (Phi) is 19.4.